The number of benzene rings is 2. The first-order valence-corrected chi connectivity index (χ1v) is 10.3. The maximum Gasteiger partial charge on any atom is 0.246 e. The first kappa shape index (κ1) is 20.6. The predicted molar refractivity (Wildman–Crippen MR) is 120 cm³/mol. The van der Waals surface area contributed by atoms with Crippen molar-refractivity contribution in [2.75, 3.05) is 5.32 Å². The summed E-state index contributed by atoms with van der Waals surface area (Å²) in [5.41, 5.74) is 1.84. The molecule has 0 radical (unpaired) electrons. The van der Waals surface area contributed by atoms with Gasteiger partial charge in [0.05, 0.1) is 11.7 Å². The highest BCUT2D eigenvalue weighted by molar-refractivity contribution is 5.87. The molecule has 2 aromatic carbocycles. The molecule has 160 valence electrons. The fraction of sp³-hybridized carbons (Fsp3) is 0.304. The summed E-state index contributed by atoms with van der Waals surface area (Å²) in [5, 5.41) is 18.3. The molecule has 4 rings (SSSR count). The van der Waals surface area contributed by atoms with Crippen LogP contribution in [0.25, 0.3) is 22.3 Å². The van der Waals surface area contributed by atoms with Crippen molar-refractivity contribution < 1.29 is 9.53 Å². The van der Waals surface area contributed by atoms with Crippen LogP contribution in [-0.4, -0.2) is 36.8 Å². The van der Waals surface area contributed by atoms with Gasteiger partial charge in [-0.2, -0.15) is 10.1 Å². The fourth-order valence-electron chi connectivity index (χ4n) is 3.25. The summed E-state index contributed by atoms with van der Waals surface area (Å²) in [6.45, 7) is 7.67. The Morgan fingerprint density at radius 2 is 1.90 bits per heavy atom. The first-order valence-electron chi connectivity index (χ1n) is 10.3. The molecule has 0 saturated heterocycles. The molecule has 8 nitrogen and oxygen atoms in total. The maximum atomic E-state index is 12.4. The van der Waals surface area contributed by atoms with E-state index >= 15 is 0 Å². The molecule has 0 atom stereocenters. The molecule has 0 unspecified atom stereocenters. The third-order valence-electron chi connectivity index (χ3n) is 4.95. The Morgan fingerprint density at radius 3 is 2.65 bits per heavy atom. The van der Waals surface area contributed by atoms with Crippen LogP contribution in [-0.2, 0) is 4.79 Å². The summed E-state index contributed by atoms with van der Waals surface area (Å²) < 4.78 is 5.95. The molecular weight excluding hydrogens is 392 g/mol. The van der Waals surface area contributed by atoms with Crippen LogP contribution < -0.4 is 10.1 Å². The van der Waals surface area contributed by atoms with Gasteiger partial charge >= 0.3 is 0 Å². The van der Waals surface area contributed by atoms with Gasteiger partial charge in [-0.3, -0.25) is 15.0 Å². The second-order valence-corrected chi connectivity index (χ2v) is 8.46. The van der Waals surface area contributed by atoms with Crippen LogP contribution in [0.15, 0.2) is 48.7 Å². The van der Waals surface area contributed by atoms with E-state index in [2.05, 4.69) is 30.7 Å². The van der Waals surface area contributed by atoms with Crippen molar-refractivity contribution in [1.82, 2.24) is 25.4 Å². The Morgan fingerprint density at radius 1 is 1.13 bits per heavy atom. The number of carbonyl (C=O) groups is 1. The van der Waals surface area contributed by atoms with Crippen LogP contribution in [0.5, 0.6) is 5.75 Å². The molecule has 0 aliphatic carbocycles. The van der Waals surface area contributed by atoms with Crippen LogP contribution in [0.4, 0.5) is 11.6 Å². The second-order valence-electron chi connectivity index (χ2n) is 8.46. The standard InChI is InChI=1S/C23H26N6O2/c1-14(2)11-20(30)23(3,4)31-18-8-5-15(6-9-18)21-26-22(29-28-21)25-17-7-10-19-16(12-17)13-24-27-19/h5-10,12-14H,11H2,1-4H3,(H,24,27)(H2,25,26,28,29). The number of aromatic amines is 2. The van der Waals surface area contributed by atoms with E-state index in [1.54, 1.807) is 20.0 Å². The van der Waals surface area contributed by atoms with Crippen molar-refractivity contribution in [3.8, 4) is 17.1 Å². The van der Waals surface area contributed by atoms with Gasteiger partial charge in [-0.25, -0.2) is 0 Å². The largest absolute Gasteiger partial charge is 0.480 e. The fourth-order valence-corrected chi connectivity index (χ4v) is 3.25. The molecule has 0 bridgehead atoms. The van der Waals surface area contributed by atoms with E-state index in [1.165, 1.54) is 0 Å². The zero-order chi connectivity index (χ0) is 22.0. The lowest BCUT2D eigenvalue weighted by Gasteiger charge is -2.26. The van der Waals surface area contributed by atoms with Crippen molar-refractivity contribution in [3.63, 3.8) is 0 Å². The highest BCUT2D eigenvalue weighted by Crippen LogP contribution is 2.26. The quantitative estimate of drug-likeness (QED) is 0.377. The molecule has 0 aliphatic heterocycles. The molecule has 4 aromatic rings. The second kappa shape index (κ2) is 8.22. The zero-order valence-corrected chi connectivity index (χ0v) is 18.1. The number of Topliss-reactive ketones (excluding diaryl/α,β-unsaturated/α-hetero) is 1. The molecule has 2 heterocycles. The molecule has 2 aromatic heterocycles. The van der Waals surface area contributed by atoms with Crippen molar-refractivity contribution in [2.24, 2.45) is 5.92 Å². The van der Waals surface area contributed by atoms with Crippen LogP contribution in [0.1, 0.15) is 34.1 Å². The number of nitrogens with zero attached hydrogens (tertiary/aromatic N) is 3. The van der Waals surface area contributed by atoms with Gasteiger partial charge in [-0.15, -0.1) is 5.10 Å². The molecule has 0 spiro atoms. The van der Waals surface area contributed by atoms with Gasteiger partial charge in [0.1, 0.15) is 5.75 Å². The Labute approximate surface area is 180 Å². The summed E-state index contributed by atoms with van der Waals surface area (Å²) in [5.74, 6) is 2.13. The van der Waals surface area contributed by atoms with Crippen LogP contribution >= 0.6 is 0 Å². The van der Waals surface area contributed by atoms with Crippen molar-refractivity contribution >= 4 is 28.3 Å². The Hall–Kier alpha value is -3.68. The Balaban J connectivity index is 1.43. The number of aromatic nitrogens is 5. The van der Waals surface area contributed by atoms with Crippen LogP contribution in [0.3, 0.4) is 0 Å². The van der Waals surface area contributed by atoms with Gasteiger partial charge in [0.15, 0.2) is 17.2 Å². The molecular formula is C23H26N6O2. The number of anilines is 2. The lowest BCUT2D eigenvalue weighted by molar-refractivity contribution is -0.132. The predicted octanol–water partition coefficient (Wildman–Crippen LogP) is 4.86. The number of H-pyrrole nitrogens is 2. The highest BCUT2D eigenvalue weighted by atomic mass is 16.5. The number of carbonyl (C=O) groups excluding carboxylic acids is 1. The number of ether oxygens (including phenoxy) is 1. The van der Waals surface area contributed by atoms with E-state index in [1.807, 2.05) is 56.3 Å². The number of hydrogen-bond donors (Lipinski definition) is 3. The van der Waals surface area contributed by atoms with E-state index in [4.69, 9.17) is 4.74 Å². The average Bonchev–Trinajstić information content (AvgIpc) is 3.37. The van der Waals surface area contributed by atoms with Crippen molar-refractivity contribution in [1.29, 1.82) is 0 Å². The minimum absolute atomic E-state index is 0.0890. The number of nitrogens with one attached hydrogen (secondary N) is 3. The molecule has 0 saturated carbocycles. The monoisotopic (exact) mass is 418 g/mol. The van der Waals surface area contributed by atoms with Crippen LogP contribution in [0.2, 0.25) is 0 Å². The highest BCUT2D eigenvalue weighted by Gasteiger charge is 2.29. The molecule has 3 N–H and O–H groups in total. The summed E-state index contributed by atoms with van der Waals surface area (Å²) in [7, 11) is 0. The minimum Gasteiger partial charge on any atom is -0.480 e. The lowest BCUT2D eigenvalue weighted by atomic mass is 9.95. The van der Waals surface area contributed by atoms with E-state index in [-0.39, 0.29) is 5.78 Å². The molecule has 0 amide bonds. The smallest absolute Gasteiger partial charge is 0.246 e. The molecule has 0 aliphatic rings. The number of hydrogen-bond acceptors (Lipinski definition) is 6. The average molecular weight is 419 g/mol. The topological polar surface area (TPSA) is 109 Å². The molecule has 8 heteroatoms. The van der Waals surface area contributed by atoms with Gasteiger partial charge in [-0.1, -0.05) is 13.8 Å². The van der Waals surface area contributed by atoms with Gasteiger partial charge in [-0.05, 0) is 62.2 Å². The van der Waals surface area contributed by atoms with Crippen molar-refractivity contribution in [3.05, 3.63) is 48.7 Å². The van der Waals surface area contributed by atoms with E-state index in [0.29, 0.717) is 29.9 Å². The molecule has 0 fully saturated rings. The van der Waals surface area contributed by atoms with Gasteiger partial charge < -0.3 is 10.1 Å². The normalized spacial score (nSPS) is 11.8. The van der Waals surface area contributed by atoms with Gasteiger partial charge in [0.25, 0.3) is 0 Å². The summed E-state index contributed by atoms with van der Waals surface area (Å²) in [4.78, 5) is 16.9. The summed E-state index contributed by atoms with van der Waals surface area (Å²) >= 11 is 0. The first-order chi connectivity index (χ1) is 14.8. The third-order valence-corrected chi connectivity index (χ3v) is 4.95. The number of fused-ring (bicyclic) bond motifs is 1. The summed E-state index contributed by atoms with van der Waals surface area (Å²) in [6.07, 6.45) is 2.26. The lowest BCUT2D eigenvalue weighted by Crippen LogP contribution is -2.38. The SMILES string of the molecule is CC(C)CC(=O)C(C)(C)Oc1ccc(-c2nc(Nc3ccc4[nH]ncc4c3)n[nH]2)cc1. The maximum absolute atomic E-state index is 12.4. The number of rotatable bonds is 8. The van der Waals surface area contributed by atoms with Gasteiger partial charge in [0.2, 0.25) is 5.95 Å². The zero-order valence-electron chi connectivity index (χ0n) is 18.1. The van der Waals surface area contributed by atoms with Crippen LogP contribution in [0, 0.1) is 5.92 Å². The molecule has 31 heavy (non-hydrogen) atoms. The summed E-state index contributed by atoms with van der Waals surface area (Å²) in [6, 6.07) is 13.3. The van der Waals surface area contributed by atoms with Crippen molar-refractivity contribution in [2.45, 2.75) is 39.7 Å². The van der Waals surface area contributed by atoms with E-state index in [9.17, 15) is 4.79 Å². The van der Waals surface area contributed by atoms with Gasteiger partial charge in [0, 0.05) is 23.1 Å². The minimum atomic E-state index is -0.870. The van der Waals surface area contributed by atoms with E-state index in [0.717, 1.165) is 22.2 Å². The van der Waals surface area contributed by atoms with E-state index < -0.39 is 5.60 Å². The Bertz CT molecular complexity index is 1190. The Kier molecular flexibility index (Phi) is 5.46. The number of ketones is 1. The third kappa shape index (κ3) is 4.74.